The van der Waals surface area contributed by atoms with Crippen molar-refractivity contribution in [1.29, 1.82) is 0 Å². The molecule has 3 aromatic rings. The zero-order chi connectivity index (χ0) is 23.8. The maximum absolute atomic E-state index is 13.3. The van der Waals surface area contributed by atoms with Crippen molar-refractivity contribution in [1.82, 2.24) is 15.2 Å². The molecule has 6 nitrogen and oxygen atoms in total. The van der Waals surface area contributed by atoms with Crippen LogP contribution in [0.4, 0.5) is 10.8 Å². The van der Waals surface area contributed by atoms with Crippen molar-refractivity contribution in [2.45, 2.75) is 39.3 Å². The minimum absolute atomic E-state index is 0.0774. The molecule has 0 bridgehead atoms. The molecule has 0 aliphatic heterocycles. The Labute approximate surface area is 207 Å². The number of carbonyl (C=O) groups excluding carboxylic acids is 2. The van der Waals surface area contributed by atoms with Crippen molar-refractivity contribution in [3.63, 3.8) is 0 Å². The average molecular weight is 505 g/mol. The first kappa shape index (κ1) is 25.0. The van der Waals surface area contributed by atoms with E-state index in [0.717, 1.165) is 12.0 Å². The zero-order valence-corrected chi connectivity index (χ0v) is 20.8. The highest BCUT2D eigenvalue weighted by atomic mass is 35.5. The molecule has 33 heavy (non-hydrogen) atoms. The minimum atomic E-state index is -0.239. The van der Waals surface area contributed by atoms with Gasteiger partial charge in [-0.3, -0.25) is 9.59 Å². The Morgan fingerprint density at radius 1 is 1.15 bits per heavy atom. The SMILES string of the molecule is CC[C@H](C)NC(=O)CCN(Cc1ccccc1)C(=O)c1csc(Nc2cc(Cl)ccc2Cl)n1. The van der Waals surface area contributed by atoms with Gasteiger partial charge >= 0.3 is 0 Å². The van der Waals surface area contributed by atoms with Gasteiger partial charge in [-0.15, -0.1) is 11.3 Å². The van der Waals surface area contributed by atoms with Crippen LogP contribution >= 0.6 is 34.5 Å². The number of amides is 2. The van der Waals surface area contributed by atoms with E-state index in [-0.39, 0.29) is 30.8 Å². The monoisotopic (exact) mass is 504 g/mol. The first-order chi connectivity index (χ1) is 15.9. The summed E-state index contributed by atoms with van der Waals surface area (Å²) in [5.41, 5.74) is 1.90. The number of carbonyl (C=O) groups is 2. The molecule has 0 saturated heterocycles. The summed E-state index contributed by atoms with van der Waals surface area (Å²) in [6, 6.07) is 14.9. The van der Waals surface area contributed by atoms with Crippen molar-refractivity contribution in [3.8, 4) is 0 Å². The number of rotatable bonds is 10. The summed E-state index contributed by atoms with van der Waals surface area (Å²) in [4.78, 5) is 31.7. The zero-order valence-electron chi connectivity index (χ0n) is 18.5. The third-order valence-corrected chi connectivity index (χ3v) is 6.35. The Balaban J connectivity index is 1.73. The van der Waals surface area contributed by atoms with E-state index in [1.807, 2.05) is 44.2 Å². The molecule has 1 aromatic heterocycles. The maximum Gasteiger partial charge on any atom is 0.273 e. The quantitative estimate of drug-likeness (QED) is 0.347. The lowest BCUT2D eigenvalue weighted by Gasteiger charge is -2.22. The Bertz CT molecular complexity index is 1090. The number of nitrogens with zero attached hydrogens (tertiary/aromatic N) is 2. The van der Waals surface area contributed by atoms with Crippen molar-refractivity contribution in [2.24, 2.45) is 0 Å². The van der Waals surface area contributed by atoms with E-state index in [2.05, 4.69) is 15.6 Å². The molecule has 2 aromatic carbocycles. The predicted molar refractivity (Wildman–Crippen MR) is 136 cm³/mol. The number of anilines is 2. The number of aromatic nitrogens is 1. The van der Waals surface area contributed by atoms with Gasteiger partial charge in [0.05, 0.1) is 10.7 Å². The minimum Gasteiger partial charge on any atom is -0.354 e. The maximum atomic E-state index is 13.3. The Morgan fingerprint density at radius 2 is 1.91 bits per heavy atom. The van der Waals surface area contributed by atoms with Crippen molar-refractivity contribution in [3.05, 3.63) is 75.2 Å². The normalized spacial score (nSPS) is 11.6. The van der Waals surface area contributed by atoms with Crippen LogP contribution in [0.25, 0.3) is 0 Å². The molecule has 1 heterocycles. The average Bonchev–Trinajstić information content (AvgIpc) is 3.27. The Morgan fingerprint density at radius 3 is 2.64 bits per heavy atom. The molecule has 0 fully saturated rings. The number of benzene rings is 2. The van der Waals surface area contributed by atoms with Gasteiger partial charge in [-0.1, -0.05) is 60.5 Å². The molecule has 9 heteroatoms. The number of halogens is 2. The van der Waals surface area contributed by atoms with Crippen LogP contribution in [-0.2, 0) is 11.3 Å². The lowest BCUT2D eigenvalue weighted by atomic mass is 10.2. The first-order valence-electron chi connectivity index (χ1n) is 10.7. The molecule has 0 unspecified atom stereocenters. The summed E-state index contributed by atoms with van der Waals surface area (Å²) in [5.74, 6) is -0.317. The number of thiazole rings is 1. The molecule has 0 saturated carbocycles. The van der Waals surface area contributed by atoms with Gasteiger partial charge in [0, 0.05) is 36.0 Å². The van der Waals surface area contributed by atoms with Gasteiger partial charge in [0.15, 0.2) is 5.13 Å². The fourth-order valence-corrected chi connectivity index (χ4v) is 4.08. The van der Waals surface area contributed by atoms with Crippen LogP contribution in [-0.4, -0.2) is 34.3 Å². The third-order valence-electron chi connectivity index (χ3n) is 5.03. The summed E-state index contributed by atoms with van der Waals surface area (Å²) in [5, 5.41) is 9.32. The van der Waals surface area contributed by atoms with Crippen LogP contribution < -0.4 is 10.6 Å². The smallest absolute Gasteiger partial charge is 0.273 e. The second-order valence-corrected chi connectivity index (χ2v) is 9.33. The Hall–Kier alpha value is -2.61. The van der Waals surface area contributed by atoms with E-state index in [1.54, 1.807) is 28.5 Å². The standard InChI is InChI=1S/C24H26Cl2N4O2S/c1-3-16(2)27-22(31)11-12-30(14-17-7-5-4-6-8-17)23(32)21-15-33-24(29-21)28-20-13-18(25)9-10-19(20)26/h4-10,13,15-16H,3,11-12,14H2,1-2H3,(H,27,31)(H,28,29)/t16-/m0/s1. The molecular weight excluding hydrogens is 479 g/mol. The molecule has 3 rings (SSSR count). The van der Waals surface area contributed by atoms with Crippen molar-refractivity contribution in [2.75, 3.05) is 11.9 Å². The van der Waals surface area contributed by atoms with Crippen LogP contribution in [0.3, 0.4) is 0 Å². The molecular formula is C24H26Cl2N4O2S. The number of hydrogen-bond acceptors (Lipinski definition) is 5. The summed E-state index contributed by atoms with van der Waals surface area (Å²) in [6.07, 6.45) is 1.07. The van der Waals surface area contributed by atoms with Crippen molar-refractivity contribution < 1.29 is 9.59 Å². The van der Waals surface area contributed by atoms with Crippen LogP contribution in [0.15, 0.2) is 53.9 Å². The topological polar surface area (TPSA) is 74.3 Å². The van der Waals surface area contributed by atoms with Gasteiger partial charge in [0.2, 0.25) is 5.91 Å². The first-order valence-corrected chi connectivity index (χ1v) is 12.3. The van der Waals surface area contributed by atoms with Gasteiger partial charge in [-0.2, -0.15) is 0 Å². The lowest BCUT2D eigenvalue weighted by Crippen LogP contribution is -2.37. The van der Waals surface area contributed by atoms with Crippen LogP contribution in [0.5, 0.6) is 0 Å². The summed E-state index contributed by atoms with van der Waals surface area (Å²) < 4.78 is 0. The van der Waals surface area contributed by atoms with E-state index in [9.17, 15) is 9.59 Å². The fourth-order valence-electron chi connectivity index (χ4n) is 3.04. The van der Waals surface area contributed by atoms with Crippen molar-refractivity contribution >= 4 is 57.2 Å². The van der Waals surface area contributed by atoms with Crippen LogP contribution in [0.1, 0.15) is 42.7 Å². The van der Waals surface area contributed by atoms with E-state index in [4.69, 9.17) is 23.2 Å². The van der Waals surface area contributed by atoms with E-state index < -0.39 is 0 Å². The highest BCUT2D eigenvalue weighted by Crippen LogP contribution is 2.30. The molecule has 0 spiro atoms. The van der Waals surface area contributed by atoms with Gasteiger partial charge in [-0.25, -0.2) is 4.98 Å². The van der Waals surface area contributed by atoms with Gasteiger partial charge in [0.1, 0.15) is 5.69 Å². The van der Waals surface area contributed by atoms with Gasteiger partial charge in [-0.05, 0) is 37.1 Å². The third kappa shape index (κ3) is 7.45. The molecule has 2 N–H and O–H groups in total. The van der Waals surface area contributed by atoms with Crippen LogP contribution in [0.2, 0.25) is 10.0 Å². The van der Waals surface area contributed by atoms with Gasteiger partial charge < -0.3 is 15.5 Å². The largest absolute Gasteiger partial charge is 0.354 e. The molecule has 0 aliphatic rings. The highest BCUT2D eigenvalue weighted by molar-refractivity contribution is 7.14. The number of nitrogens with one attached hydrogen (secondary N) is 2. The van der Waals surface area contributed by atoms with Gasteiger partial charge in [0.25, 0.3) is 5.91 Å². The lowest BCUT2D eigenvalue weighted by molar-refractivity contribution is -0.121. The van der Waals surface area contributed by atoms with E-state index in [0.29, 0.717) is 33.1 Å². The Kier molecular flexibility index (Phi) is 9.11. The molecule has 0 radical (unpaired) electrons. The van der Waals surface area contributed by atoms with Crippen LogP contribution in [0, 0.1) is 0 Å². The molecule has 2 amide bonds. The second-order valence-electron chi connectivity index (χ2n) is 7.63. The van der Waals surface area contributed by atoms with E-state index in [1.165, 1.54) is 11.3 Å². The van der Waals surface area contributed by atoms with E-state index >= 15 is 0 Å². The summed E-state index contributed by atoms with van der Waals surface area (Å²) in [7, 11) is 0. The molecule has 0 aliphatic carbocycles. The molecule has 1 atom stereocenters. The summed E-state index contributed by atoms with van der Waals surface area (Å²) >= 11 is 13.6. The fraction of sp³-hybridized carbons (Fsp3) is 0.292. The second kappa shape index (κ2) is 12.0. The molecule has 174 valence electrons. The number of hydrogen-bond donors (Lipinski definition) is 2. The summed E-state index contributed by atoms with van der Waals surface area (Å²) in [6.45, 7) is 4.65. The highest BCUT2D eigenvalue weighted by Gasteiger charge is 2.21. The predicted octanol–water partition coefficient (Wildman–Crippen LogP) is 6.14.